The maximum Gasteiger partial charge on any atom is 0.269 e. The van der Waals surface area contributed by atoms with Crippen molar-refractivity contribution in [1.29, 1.82) is 0 Å². The molecule has 0 aliphatic carbocycles. The van der Waals surface area contributed by atoms with Crippen LogP contribution in [0.3, 0.4) is 0 Å². The summed E-state index contributed by atoms with van der Waals surface area (Å²) in [5.74, 6) is -0.116. The van der Waals surface area contributed by atoms with Gasteiger partial charge in [-0.05, 0) is 12.6 Å². The average Bonchev–Trinajstić information content (AvgIpc) is 2.39. The number of nitro groups is 1. The van der Waals surface area contributed by atoms with E-state index in [9.17, 15) is 18.5 Å². The molecule has 7 nitrogen and oxygen atoms in total. The Morgan fingerprint density at radius 3 is 2.20 bits per heavy atom. The molecular weight excluding hydrogens is 282 g/mol. The average molecular weight is 299 g/mol. The monoisotopic (exact) mass is 299 g/mol. The molecule has 1 aromatic carbocycles. The van der Waals surface area contributed by atoms with Crippen LogP contribution in [0.15, 0.2) is 24.3 Å². The maximum absolute atomic E-state index is 12.3. The Morgan fingerprint density at radius 1 is 1.15 bits per heavy atom. The van der Waals surface area contributed by atoms with Gasteiger partial charge in [0.25, 0.3) is 5.69 Å². The van der Waals surface area contributed by atoms with E-state index in [4.69, 9.17) is 0 Å². The number of sulfonamides is 1. The molecule has 0 aromatic heterocycles. The van der Waals surface area contributed by atoms with Crippen LogP contribution in [-0.4, -0.2) is 55.8 Å². The summed E-state index contributed by atoms with van der Waals surface area (Å²) in [7, 11) is -1.40. The van der Waals surface area contributed by atoms with Gasteiger partial charge in [0.15, 0.2) is 0 Å². The predicted octanol–water partition coefficient (Wildman–Crippen LogP) is 0.672. The Balaban J connectivity index is 2.06. The molecule has 1 aromatic rings. The van der Waals surface area contributed by atoms with Crippen molar-refractivity contribution in [3.8, 4) is 0 Å². The second-order valence-electron chi connectivity index (χ2n) is 4.88. The summed E-state index contributed by atoms with van der Waals surface area (Å²) in [6, 6.07) is 5.64. The SMILES string of the molecule is CN1CCN(S(=O)(=O)Cc2ccc([N+](=O)[O-])cc2)CC1. The van der Waals surface area contributed by atoms with Crippen molar-refractivity contribution in [1.82, 2.24) is 9.21 Å². The van der Waals surface area contributed by atoms with E-state index in [0.717, 1.165) is 13.1 Å². The number of benzene rings is 1. The van der Waals surface area contributed by atoms with Crippen LogP contribution in [-0.2, 0) is 15.8 Å². The van der Waals surface area contributed by atoms with Crippen molar-refractivity contribution < 1.29 is 13.3 Å². The summed E-state index contributed by atoms with van der Waals surface area (Å²) in [5, 5.41) is 10.5. The van der Waals surface area contributed by atoms with E-state index in [-0.39, 0.29) is 11.4 Å². The molecule has 0 amide bonds. The molecule has 1 aliphatic heterocycles. The minimum absolute atomic E-state index is 0.0363. The van der Waals surface area contributed by atoms with Gasteiger partial charge in [0.05, 0.1) is 10.7 Å². The molecule has 0 bridgehead atoms. The van der Waals surface area contributed by atoms with Gasteiger partial charge in [-0.1, -0.05) is 12.1 Å². The third-order valence-corrected chi connectivity index (χ3v) is 5.20. The zero-order chi connectivity index (χ0) is 14.8. The third-order valence-electron chi connectivity index (χ3n) is 3.35. The van der Waals surface area contributed by atoms with Gasteiger partial charge in [-0.25, -0.2) is 8.42 Å². The van der Waals surface area contributed by atoms with Crippen LogP contribution in [0.4, 0.5) is 5.69 Å². The zero-order valence-electron chi connectivity index (χ0n) is 11.2. The molecule has 0 spiro atoms. The van der Waals surface area contributed by atoms with Gasteiger partial charge in [-0.3, -0.25) is 10.1 Å². The summed E-state index contributed by atoms with van der Waals surface area (Å²) in [6.07, 6.45) is 0. The lowest BCUT2D eigenvalue weighted by atomic mass is 10.2. The Bertz CT molecular complexity index is 577. The van der Waals surface area contributed by atoms with E-state index in [0.29, 0.717) is 18.7 Å². The number of nitro benzene ring substituents is 1. The highest BCUT2D eigenvalue weighted by atomic mass is 32.2. The van der Waals surface area contributed by atoms with Crippen molar-refractivity contribution >= 4 is 15.7 Å². The Kier molecular flexibility index (Phi) is 4.36. The van der Waals surface area contributed by atoms with Crippen molar-refractivity contribution in [2.24, 2.45) is 0 Å². The van der Waals surface area contributed by atoms with E-state index >= 15 is 0 Å². The lowest BCUT2D eigenvalue weighted by Gasteiger charge is -2.31. The Labute approximate surface area is 118 Å². The molecule has 1 fully saturated rings. The fourth-order valence-electron chi connectivity index (χ4n) is 2.08. The predicted molar refractivity (Wildman–Crippen MR) is 74.8 cm³/mol. The lowest BCUT2D eigenvalue weighted by molar-refractivity contribution is -0.384. The molecule has 8 heteroatoms. The van der Waals surface area contributed by atoms with Crippen LogP contribution >= 0.6 is 0 Å². The van der Waals surface area contributed by atoms with Crippen LogP contribution in [0.25, 0.3) is 0 Å². The van der Waals surface area contributed by atoms with Crippen LogP contribution < -0.4 is 0 Å². The van der Waals surface area contributed by atoms with Crippen molar-refractivity contribution in [2.45, 2.75) is 5.75 Å². The van der Waals surface area contributed by atoms with Crippen LogP contribution in [0.2, 0.25) is 0 Å². The summed E-state index contributed by atoms with van der Waals surface area (Å²) >= 11 is 0. The standard InChI is InChI=1S/C12H17N3O4S/c1-13-6-8-14(9-7-13)20(18,19)10-11-2-4-12(5-3-11)15(16)17/h2-5H,6-10H2,1H3. The second kappa shape index (κ2) is 5.86. The molecule has 0 saturated carbocycles. The molecule has 0 unspecified atom stereocenters. The van der Waals surface area contributed by atoms with E-state index in [1.54, 1.807) is 0 Å². The number of hydrogen-bond donors (Lipinski definition) is 0. The summed E-state index contributed by atoms with van der Waals surface area (Å²) in [5.41, 5.74) is 0.528. The molecule has 0 N–H and O–H groups in total. The van der Waals surface area contributed by atoms with Crippen molar-refractivity contribution in [3.63, 3.8) is 0 Å². The van der Waals surface area contributed by atoms with Gasteiger partial charge >= 0.3 is 0 Å². The first-order valence-corrected chi connectivity index (χ1v) is 7.89. The highest BCUT2D eigenvalue weighted by Gasteiger charge is 2.25. The van der Waals surface area contributed by atoms with Gasteiger partial charge in [0.2, 0.25) is 10.0 Å². The molecule has 110 valence electrons. The number of rotatable bonds is 4. The van der Waals surface area contributed by atoms with Gasteiger partial charge in [0.1, 0.15) is 0 Å². The molecule has 1 saturated heterocycles. The first kappa shape index (κ1) is 14.9. The van der Waals surface area contributed by atoms with Crippen molar-refractivity contribution in [3.05, 3.63) is 39.9 Å². The highest BCUT2D eigenvalue weighted by molar-refractivity contribution is 7.88. The smallest absolute Gasteiger partial charge is 0.269 e. The third kappa shape index (κ3) is 3.53. The largest absolute Gasteiger partial charge is 0.304 e. The quantitative estimate of drug-likeness (QED) is 0.603. The maximum atomic E-state index is 12.3. The Hall–Kier alpha value is -1.51. The first-order chi connectivity index (χ1) is 9.38. The minimum Gasteiger partial charge on any atom is -0.304 e. The number of hydrogen-bond acceptors (Lipinski definition) is 5. The molecule has 2 rings (SSSR count). The lowest BCUT2D eigenvalue weighted by Crippen LogP contribution is -2.47. The normalized spacial score (nSPS) is 18.1. The van der Waals surface area contributed by atoms with E-state index in [1.807, 2.05) is 7.05 Å². The topological polar surface area (TPSA) is 83.8 Å². The molecule has 1 heterocycles. The highest BCUT2D eigenvalue weighted by Crippen LogP contribution is 2.16. The van der Waals surface area contributed by atoms with E-state index in [1.165, 1.54) is 28.6 Å². The fraction of sp³-hybridized carbons (Fsp3) is 0.500. The van der Waals surface area contributed by atoms with E-state index in [2.05, 4.69) is 4.90 Å². The molecule has 20 heavy (non-hydrogen) atoms. The minimum atomic E-state index is -3.36. The molecule has 0 radical (unpaired) electrons. The van der Waals surface area contributed by atoms with Gasteiger partial charge in [-0.2, -0.15) is 4.31 Å². The molecular formula is C12H17N3O4S. The molecule has 0 atom stereocenters. The first-order valence-electron chi connectivity index (χ1n) is 6.28. The van der Waals surface area contributed by atoms with Gasteiger partial charge in [-0.15, -0.1) is 0 Å². The van der Waals surface area contributed by atoms with Crippen molar-refractivity contribution in [2.75, 3.05) is 33.2 Å². The summed E-state index contributed by atoms with van der Waals surface area (Å²) < 4.78 is 26.0. The number of nitrogens with zero attached hydrogens (tertiary/aromatic N) is 3. The fourth-order valence-corrected chi connectivity index (χ4v) is 3.60. The van der Waals surface area contributed by atoms with Gasteiger partial charge < -0.3 is 4.90 Å². The second-order valence-corrected chi connectivity index (χ2v) is 6.85. The number of piperazine rings is 1. The van der Waals surface area contributed by atoms with Crippen LogP contribution in [0.5, 0.6) is 0 Å². The van der Waals surface area contributed by atoms with E-state index < -0.39 is 14.9 Å². The number of non-ortho nitro benzene ring substituents is 1. The zero-order valence-corrected chi connectivity index (χ0v) is 12.0. The van der Waals surface area contributed by atoms with Gasteiger partial charge in [0, 0.05) is 38.3 Å². The summed E-state index contributed by atoms with van der Waals surface area (Å²) in [6.45, 7) is 2.43. The number of likely N-dealkylation sites (N-methyl/N-ethyl adjacent to an activating group) is 1. The van der Waals surface area contributed by atoms with Crippen LogP contribution in [0, 0.1) is 10.1 Å². The Morgan fingerprint density at radius 2 is 1.70 bits per heavy atom. The molecule has 1 aliphatic rings. The van der Waals surface area contributed by atoms with Crippen LogP contribution in [0.1, 0.15) is 5.56 Å². The summed E-state index contributed by atoms with van der Waals surface area (Å²) in [4.78, 5) is 12.1.